The van der Waals surface area contributed by atoms with Gasteiger partial charge in [0.05, 0.1) is 0 Å². The zero-order chi connectivity index (χ0) is 12.8. The number of rotatable bonds is 1. The third-order valence-electron chi connectivity index (χ3n) is 3.87. The Labute approximate surface area is 113 Å². The molecule has 18 heavy (non-hydrogen) atoms. The summed E-state index contributed by atoms with van der Waals surface area (Å²) in [4.78, 5) is 23.1. The maximum atomic E-state index is 11.8. The first-order chi connectivity index (χ1) is 8.59. The van der Waals surface area contributed by atoms with Crippen LogP contribution in [0.2, 0.25) is 0 Å². The monoisotopic (exact) mass is 308 g/mol. The van der Waals surface area contributed by atoms with Crippen molar-refractivity contribution in [3.8, 4) is 0 Å². The molecule has 0 radical (unpaired) electrons. The maximum absolute atomic E-state index is 11.8. The van der Waals surface area contributed by atoms with E-state index in [9.17, 15) is 9.59 Å². The molecule has 1 aliphatic carbocycles. The first-order valence-electron chi connectivity index (χ1n) is 5.98. The SMILES string of the molecule is O=C1NC(=O)C2(CC[C@H](c3ccc(Br)cc3)C2)N1. The lowest BCUT2D eigenvalue weighted by Crippen LogP contribution is -2.44. The van der Waals surface area contributed by atoms with Gasteiger partial charge in [0.15, 0.2) is 0 Å². The van der Waals surface area contributed by atoms with Crippen molar-refractivity contribution in [3.63, 3.8) is 0 Å². The largest absolute Gasteiger partial charge is 0.323 e. The summed E-state index contributed by atoms with van der Waals surface area (Å²) < 4.78 is 1.05. The lowest BCUT2D eigenvalue weighted by molar-refractivity contribution is -0.123. The molecular formula is C13H13BrN2O2. The van der Waals surface area contributed by atoms with Crippen LogP contribution in [0, 0.1) is 0 Å². The number of hydrogen-bond acceptors (Lipinski definition) is 2. The van der Waals surface area contributed by atoms with E-state index in [4.69, 9.17) is 0 Å². The number of amides is 3. The zero-order valence-corrected chi connectivity index (χ0v) is 11.3. The van der Waals surface area contributed by atoms with Crippen molar-refractivity contribution in [2.24, 2.45) is 0 Å². The van der Waals surface area contributed by atoms with Gasteiger partial charge in [0.1, 0.15) is 5.54 Å². The molecule has 94 valence electrons. The van der Waals surface area contributed by atoms with Gasteiger partial charge in [0.25, 0.3) is 5.91 Å². The first kappa shape index (κ1) is 11.7. The van der Waals surface area contributed by atoms with Crippen LogP contribution in [0.4, 0.5) is 4.79 Å². The van der Waals surface area contributed by atoms with E-state index in [1.807, 2.05) is 12.1 Å². The Hall–Kier alpha value is -1.36. The Morgan fingerprint density at radius 3 is 2.56 bits per heavy atom. The Balaban J connectivity index is 1.81. The summed E-state index contributed by atoms with van der Waals surface area (Å²) in [6.45, 7) is 0. The topological polar surface area (TPSA) is 58.2 Å². The number of hydrogen-bond donors (Lipinski definition) is 2. The number of urea groups is 1. The minimum atomic E-state index is -0.672. The smallest absolute Gasteiger partial charge is 0.322 e. The summed E-state index contributed by atoms with van der Waals surface area (Å²) in [5.74, 6) is 0.161. The lowest BCUT2D eigenvalue weighted by atomic mass is 9.92. The summed E-state index contributed by atoms with van der Waals surface area (Å²) in [7, 11) is 0. The van der Waals surface area contributed by atoms with Gasteiger partial charge < -0.3 is 5.32 Å². The number of carbonyl (C=O) groups excluding carboxylic acids is 2. The molecule has 2 atom stereocenters. The molecule has 1 unspecified atom stereocenters. The number of benzene rings is 1. The Morgan fingerprint density at radius 2 is 1.94 bits per heavy atom. The van der Waals surface area contributed by atoms with E-state index < -0.39 is 5.54 Å². The van der Waals surface area contributed by atoms with E-state index in [1.165, 1.54) is 5.56 Å². The van der Waals surface area contributed by atoms with Crippen LogP contribution in [0.5, 0.6) is 0 Å². The second-order valence-corrected chi connectivity index (χ2v) is 5.90. The van der Waals surface area contributed by atoms with E-state index in [0.717, 1.165) is 10.9 Å². The average molecular weight is 309 g/mol. The van der Waals surface area contributed by atoms with Crippen LogP contribution in [0.3, 0.4) is 0 Å². The predicted octanol–water partition coefficient (Wildman–Crippen LogP) is 2.29. The molecule has 1 aromatic rings. The molecule has 2 N–H and O–H groups in total. The third-order valence-corrected chi connectivity index (χ3v) is 4.40. The Morgan fingerprint density at radius 1 is 1.22 bits per heavy atom. The van der Waals surface area contributed by atoms with Crippen molar-refractivity contribution in [1.29, 1.82) is 0 Å². The van der Waals surface area contributed by atoms with Gasteiger partial charge in [-0.2, -0.15) is 0 Å². The third kappa shape index (κ3) is 1.82. The fourth-order valence-electron chi connectivity index (χ4n) is 2.91. The summed E-state index contributed by atoms with van der Waals surface area (Å²) in [5, 5.41) is 5.12. The fraction of sp³-hybridized carbons (Fsp3) is 0.385. The Bertz CT molecular complexity index is 514. The zero-order valence-electron chi connectivity index (χ0n) is 9.70. The van der Waals surface area contributed by atoms with Crippen LogP contribution in [-0.4, -0.2) is 17.5 Å². The van der Waals surface area contributed by atoms with Gasteiger partial charge in [-0.15, -0.1) is 0 Å². The molecule has 1 spiro atoms. The van der Waals surface area contributed by atoms with Gasteiger partial charge in [-0.05, 0) is 42.9 Å². The Kier molecular flexibility index (Phi) is 2.66. The van der Waals surface area contributed by atoms with Gasteiger partial charge in [-0.25, -0.2) is 4.79 Å². The van der Waals surface area contributed by atoms with E-state index in [1.54, 1.807) is 0 Å². The maximum Gasteiger partial charge on any atom is 0.322 e. The van der Waals surface area contributed by atoms with Crippen LogP contribution in [0.25, 0.3) is 0 Å². The molecule has 1 aliphatic heterocycles. The highest BCUT2D eigenvalue weighted by atomic mass is 79.9. The molecule has 0 aromatic heterocycles. The normalized spacial score (nSPS) is 30.6. The summed E-state index contributed by atoms with van der Waals surface area (Å²) in [6.07, 6.45) is 2.33. The van der Waals surface area contributed by atoms with Crippen molar-refractivity contribution < 1.29 is 9.59 Å². The van der Waals surface area contributed by atoms with Crippen molar-refractivity contribution in [2.45, 2.75) is 30.7 Å². The summed E-state index contributed by atoms with van der Waals surface area (Å²) >= 11 is 3.41. The molecule has 2 aliphatic rings. The van der Waals surface area contributed by atoms with Gasteiger partial charge in [0, 0.05) is 4.47 Å². The van der Waals surface area contributed by atoms with Crippen LogP contribution in [0.15, 0.2) is 28.7 Å². The van der Waals surface area contributed by atoms with Crippen LogP contribution in [0.1, 0.15) is 30.7 Å². The molecule has 3 rings (SSSR count). The number of nitrogens with one attached hydrogen (secondary N) is 2. The molecule has 2 fully saturated rings. The van der Waals surface area contributed by atoms with Crippen LogP contribution < -0.4 is 10.6 Å². The summed E-state index contributed by atoms with van der Waals surface area (Å²) in [5.41, 5.74) is 0.554. The van der Waals surface area contributed by atoms with E-state index in [0.29, 0.717) is 18.8 Å². The molecule has 3 amide bonds. The summed E-state index contributed by atoms with van der Waals surface area (Å²) in [6, 6.07) is 7.79. The van der Waals surface area contributed by atoms with Crippen LogP contribution in [-0.2, 0) is 4.79 Å². The molecule has 1 aromatic carbocycles. The van der Waals surface area contributed by atoms with E-state index >= 15 is 0 Å². The minimum Gasteiger partial charge on any atom is -0.323 e. The lowest BCUT2D eigenvalue weighted by Gasteiger charge is -2.19. The van der Waals surface area contributed by atoms with Gasteiger partial charge in [0.2, 0.25) is 0 Å². The van der Waals surface area contributed by atoms with Gasteiger partial charge in [-0.1, -0.05) is 28.1 Å². The highest BCUT2D eigenvalue weighted by molar-refractivity contribution is 9.10. The van der Waals surface area contributed by atoms with Crippen LogP contribution >= 0.6 is 15.9 Å². The quantitative estimate of drug-likeness (QED) is 0.782. The van der Waals surface area contributed by atoms with Crippen molar-refractivity contribution >= 4 is 27.9 Å². The number of carbonyl (C=O) groups is 2. The second kappa shape index (κ2) is 4.09. The molecule has 1 saturated heterocycles. The average Bonchev–Trinajstić information content (AvgIpc) is 2.86. The number of imide groups is 1. The molecular weight excluding hydrogens is 296 g/mol. The van der Waals surface area contributed by atoms with E-state index in [2.05, 4.69) is 38.7 Å². The molecule has 5 heteroatoms. The standard InChI is InChI=1S/C13H13BrN2O2/c14-10-3-1-8(2-4-10)9-5-6-13(7-9)11(17)15-12(18)16-13/h1-4,9H,5-7H2,(H2,15,16,17,18)/t9-,13?/m0/s1. The highest BCUT2D eigenvalue weighted by Crippen LogP contribution is 2.42. The molecule has 1 saturated carbocycles. The molecule has 4 nitrogen and oxygen atoms in total. The van der Waals surface area contributed by atoms with Crippen molar-refractivity contribution in [2.75, 3.05) is 0 Å². The molecule has 0 bridgehead atoms. The van der Waals surface area contributed by atoms with Gasteiger partial charge in [-0.3, -0.25) is 10.1 Å². The highest BCUT2D eigenvalue weighted by Gasteiger charge is 2.51. The van der Waals surface area contributed by atoms with E-state index in [-0.39, 0.29) is 11.9 Å². The van der Waals surface area contributed by atoms with Crippen molar-refractivity contribution in [3.05, 3.63) is 34.3 Å². The predicted molar refractivity (Wildman–Crippen MR) is 70.1 cm³/mol. The van der Waals surface area contributed by atoms with Gasteiger partial charge >= 0.3 is 6.03 Å². The fourth-order valence-corrected chi connectivity index (χ4v) is 3.18. The molecule has 1 heterocycles. The second-order valence-electron chi connectivity index (χ2n) is 4.98. The minimum absolute atomic E-state index is 0.174. The first-order valence-corrected chi connectivity index (χ1v) is 6.77. The number of halogens is 1. The van der Waals surface area contributed by atoms with Crippen molar-refractivity contribution in [1.82, 2.24) is 10.6 Å².